The molecule has 0 aromatic heterocycles. The highest BCUT2D eigenvalue weighted by Crippen LogP contribution is 2.44. The van der Waals surface area contributed by atoms with Gasteiger partial charge in [-0.05, 0) is 116 Å². The van der Waals surface area contributed by atoms with Gasteiger partial charge >= 0.3 is 0 Å². The van der Waals surface area contributed by atoms with Gasteiger partial charge in [-0.1, -0.05) is 200 Å². The lowest BCUT2D eigenvalue weighted by molar-refractivity contribution is 1.28. The van der Waals surface area contributed by atoms with Gasteiger partial charge in [-0.15, -0.1) is 0 Å². The van der Waals surface area contributed by atoms with E-state index in [1.807, 2.05) is 12.1 Å². The number of benzene rings is 10. The summed E-state index contributed by atoms with van der Waals surface area (Å²) in [6.45, 7) is 0. The topological polar surface area (TPSA) is 6.48 Å². The van der Waals surface area contributed by atoms with Crippen LogP contribution in [-0.4, -0.2) is 0 Å². The Bertz CT molecular complexity index is 3120. The first-order chi connectivity index (χ1) is 31.8. The van der Waals surface area contributed by atoms with Crippen molar-refractivity contribution in [2.75, 3.05) is 9.80 Å². The summed E-state index contributed by atoms with van der Waals surface area (Å²) >= 11 is 0. The molecule has 11 rings (SSSR count). The summed E-state index contributed by atoms with van der Waals surface area (Å²) in [5, 5.41) is 4.98. The Hall–Kier alpha value is -8.64. The molecule has 0 saturated carbocycles. The quantitative estimate of drug-likeness (QED) is 0.136. The van der Waals surface area contributed by atoms with Gasteiger partial charge in [0.2, 0.25) is 0 Å². The van der Waals surface area contributed by atoms with E-state index in [1.54, 1.807) is 0 Å². The van der Waals surface area contributed by atoms with Crippen LogP contribution in [0.5, 0.6) is 0 Å². The second kappa shape index (κ2) is 17.0. The smallest absolute Gasteiger partial charge is 0.0551 e. The molecule has 0 fully saturated rings. The van der Waals surface area contributed by atoms with E-state index in [0.717, 1.165) is 56.4 Å². The first-order valence-corrected chi connectivity index (χ1v) is 21.8. The number of fused-ring (bicyclic) bond motifs is 2. The summed E-state index contributed by atoms with van der Waals surface area (Å²) in [7, 11) is 0. The third kappa shape index (κ3) is 7.32. The molecule has 0 aliphatic rings. The molecule has 0 saturated heterocycles. The Balaban J connectivity index is 0.950. The Morgan fingerprint density at radius 1 is 0.250 bits per heavy atom. The third-order valence-corrected chi connectivity index (χ3v) is 12.2. The van der Waals surface area contributed by atoms with Crippen LogP contribution >= 0.6 is 0 Å². The molecule has 11 aromatic carbocycles. The number of nitrogens with zero attached hydrogens (tertiary/aromatic N) is 2. The normalized spacial score (nSPS) is 11.0. The van der Waals surface area contributed by atoms with Crippen LogP contribution in [-0.2, 0) is 0 Å². The largest absolute Gasteiger partial charge is 0.310 e. The van der Waals surface area contributed by atoms with E-state index in [2.05, 4.69) is 265 Å². The van der Waals surface area contributed by atoms with Crippen molar-refractivity contribution in [3.8, 4) is 44.5 Å². The molecule has 0 bridgehead atoms. The molecule has 0 spiro atoms. The summed E-state index contributed by atoms with van der Waals surface area (Å²) in [6, 6.07) is 97.5. The fourth-order valence-corrected chi connectivity index (χ4v) is 9.10. The van der Waals surface area contributed by atoms with Gasteiger partial charge in [0.05, 0.1) is 17.1 Å². The van der Waals surface area contributed by atoms with Crippen molar-refractivity contribution in [2.24, 2.45) is 0 Å². The lowest BCUT2D eigenvalue weighted by atomic mass is 9.96. The second-order valence-corrected chi connectivity index (χ2v) is 16.0. The fraction of sp³-hybridized carbons (Fsp3) is 0. The van der Waals surface area contributed by atoms with Crippen molar-refractivity contribution in [1.29, 1.82) is 0 Å². The molecule has 2 heteroatoms. The Kier molecular flexibility index (Phi) is 10.2. The van der Waals surface area contributed by atoms with E-state index in [1.165, 1.54) is 43.8 Å². The minimum atomic E-state index is 1.01. The lowest BCUT2D eigenvalue weighted by Crippen LogP contribution is -2.11. The van der Waals surface area contributed by atoms with Crippen LogP contribution < -0.4 is 9.80 Å². The minimum absolute atomic E-state index is 1.01. The predicted molar refractivity (Wildman–Crippen MR) is 270 cm³/mol. The molecule has 0 amide bonds. The van der Waals surface area contributed by atoms with E-state index in [-0.39, 0.29) is 0 Å². The highest BCUT2D eigenvalue weighted by Gasteiger charge is 2.20. The molecule has 11 aromatic rings. The monoisotopic (exact) mass is 814 g/mol. The zero-order valence-electron chi connectivity index (χ0n) is 35.1. The van der Waals surface area contributed by atoms with Crippen molar-refractivity contribution in [2.45, 2.75) is 0 Å². The van der Waals surface area contributed by atoms with Crippen LogP contribution in [0.1, 0.15) is 0 Å². The highest BCUT2D eigenvalue weighted by atomic mass is 15.1. The van der Waals surface area contributed by atoms with Crippen LogP contribution in [0.4, 0.5) is 34.1 Å². The van der Waals surface area contributed by atoms with Gasteiger partial charge in [-0.2, -0.15) is 0 Å². The summed E-state index contributed by atoms with van der Waals surface area (Å²) in [5.74, 6) is 0. The van der Waals surface area contributed by atoms with Crippen molar-refractivity contribution < 1.29 is 0 Å². The molecule has 0 N–H and O–H groups in total. The van der Waals surface area contributed by atoms with E-state index < -0.39 is 0 Å². The lowest BCUT2D eigenvalue weighted by Gasteiger charge is -2.28. The van der Waals surface area contributed by atoms with Gasteiger partial charge in [-0.25, -0.2) is 0 Å². The molecule has 0 aliphatic heterocycles. The second-order valence-electron chi connectivity index (χ2n) is 16.0. The van der Waals surface area contributed by atoms with E-state index in [9.17, 15) is 0 Å². The number of rotatable bonds is 10. The molecule has 300 valence electrons. The Morgan fingerprint density at radius 3 is 1.12 bits per heavy atom. The molecule has 64 heavy (non-hydrogen) atoms. The number of para-hydroxylation sites is 3. The van der Waals surface area contributed by atoms with Gasteiger partial charge < -0.3 is 9.80 Å². The van der Waals surface area contributed by atoms with Gasteiger partial charge in [-0.3, -0.25) is 0 Å². The average Bonchev–Trinajstić information content (AvgIpc) is 3.38. The maximum absolute atomic E-state index is 3.21. The third-order valence-electron chi connectivity index (χ3n) is 12.2. The van der Waals surface area contributed by atoms with E-state index in [4.69, 9.17) is 0 Å². The first-order valence-electron chi connectivity index (χ1n) is 21.8. The Morgan fingerprint density at radius 2 is 0.625 bits per heavy atom. The minimum Gasteiger partial charge on any atom is -0.310 e. The number of hydrogen-bond acceptors (Lipinski definition) is 2. The number of hydrogen-bond donors (Lipinski definition) is 0. The predicted octanol–water partition coefficient (Wildman–Crippen LogP) is 17.2. The van der Waals surface area contributed by atoms with E-state index in [0.29, 0.717) is 0 Å². The van der Waals surface area contributed by atoms with Gasteiger partial charge in [0, 0.05) is 34.3 Å². The molecule has 2 nitrogen and oxygen atoms in total. The molecule has 0 unspecified atom stereocenters. The molecule has 0 aliphatic carbocycles. The van der Waals surface area contributed by atoms with Crippen LogP contribution in [0.2, 0.25) is 0 Å². The summed E-state index contributed by atoms with van der Waals surface area (Å²) in [6.07, 6.45) is 0. The standard InChI is InChI=1S/C62H42N2/c1-3-21-51(22-4-1)63(53-41-37-47(38-42-53)57-29-15-19-45-17-7-9-25-55(45)57)61-31-13-11-27-59(61)49-33-35-50(36-34-49)60-28-12-14-32-62(60)64(52-23-5-2-6-24-52)54-43-39-48(40-44-54)58-30-16-20-46-18-8-10-26-56(46)58/h1,3-5,7-44H. The van der Waals surface area contributed by atoms with Crippen molar-refractivity contribution in [3.05, 3.63) is 267 Å². The van der Waals surface area contributed by atoms with Crippen LogP contribution in [0.15, 0.2) is 255 Å². The maximum Gasteiger partial charge on any atom is 0.0551 e. The molecule has 0 atom stereocenters. The van der Waals surface area contributed by atoms with Gasteiger partial charge in [0.15, 0.2) is 0 Å². The summed E-state index contributed by atoms with van der Waals surface area (Å²) in [4.78, 5) is 4.68. The van der Waals surface area contributed by atoms with Crippen molar-refractivity contribution in [1.82, 2.24) is 0 Å². The maximum atomic E-state index is 3.21. The van der Waals surface area contributed by atoms with Crippen molar-refractivity contribution >= 4 is 55.7 Å². The zero-order chi connectivity index (χ0) is 42.7. The van der Waals surface area contributed by atoms with Gasteiger partial charge in [0.1, 0.15) is 0 Å². The zero-order valence-corrected chi connectivity index (χ0v) is 35.1. The SMILES string of the molecule is c1ccc(N(c2ccc(-c3cccc4ccccc34)cc2)c2ccccc2-c2ccc(-c3ccccc3N(c3ccccc3)c3ccc(-c4cccc5ccccc45)cc3)cc2)cc#1. The van der Waals surface area contributed by atoms with Crippen molar-refractivity contribution in [3.63, 3.8) is 0 Å². The molecular formula is C62H42N2. The summed E-state index contributed by atoms with van der Waals surface area (Å²) < 4.78 is 0. The molecule has 0 heterocycles. The highest BCUT2D eigenvalue weighted by molar-refractivity contribution is 5.99. The molecule has 0 radical (unpaired) electrons. The number of anilines is 6. The van der Waals surface area contributed by atoms with Crippen LogP contribution in [0.3, 0.4) is 0 Å². The summed E-state index contributed by atoms with van der Waals surface area (Å²) in [5.41, 5.74) is 15.8. The van der Waals surface area contributed by atoms with E-state index >= 15 is 0 Å². The fourth-order valence-electron chi connectivity index (χ4n) is 9.10. The Labute approximate surface area is 375 Å². The first kappa shape index (κ1) is 38.3. The molecular weight excluding hydrogens is 773 g/mol. The van der Waals surface area contributed by atoms with Gasteiger partial charge in [0.25, 0.3) is 0 Å². The van der Waals surface area contributed by atoms with Crippen LogP contribution in [0.25, 0.3) is 66.1 Å². The van der Waals surface area contributed by atoms with Crippen LogP contribution in [0, 0.1) is 12.1 Å². The average molecular weight is 815 g/mol.